The molecule has 6 heteroatoms. The Bertz CT molecular complexity index is 657. The minimum absolute atomic E-state index is 0.104. The molecule has 0 amide bonds. The summed E-state index contributed by atoms with van der Waals surface area (Å²) in [5, 5.41) is 1.90. The fraction of sp³-hybridized carbons (Fsp3) is 0.214. The van der Waals surface area contributed by atoms with Gasteiger partial charge in [-0.05, 0) is 24.1 Å². The quantitative estimate of drug-likeness (QED) is 0.452. The summed E-state index contributed by atoms with van der Waals surface area (Å²) >= 11 is 5.80. The molecule has 2 unspecified atom stereocenters. The Labute approximate surface area is 131 Å². The molecule has 2 atom stereocenters. The summed E-state index contributed by atoms with van der Waals surface area (Å²) in [6, 6.07) is 8.78. The number of nitrogens with zero attached hydrogens (tertiary/aromatic N) is 2. The first-order chi connectivity index (χ1) is 10.4. The zero-order chi connectivity index (χ0) is 16.3. The number of benzene rings is 1. The van der Waals surface area contributed by atoms with Gasteiger partial charge in [0.15, 0.2) is 5.96 Å². The van der Waals surface area contributed by atoms with Crippen molar-refractivity contribution in [3.8, 4) is 0 Å². The smallest absolute Gasteiger partial charge is 0.186 e. The number of nitrogens with two attached hydrogens (primary N) is 2. The lowest BCUT2D eigenvalue weighted by Gasteiger charge is -2.29. The highest BCUT2D eigenvalue weighted by Gasteiger charge is 2.27. The first-order valence-electron chi connectivity index (χ1n) is 6.98. The van der Waals surface area contributed by atoms with Crippen LogP contribution in [0.3, 0.4) is 0 Å². The van der Waals surface area contributed by atoms with Crippen LogP contribution >= 0.6 is 24.2 Å². The van der Waals surface area contributed by atoms with Gasteiger partial charge >= 0.3 is 0 Å². The molecule has 0 aliphatic carbocycles. The molecule has 0 aliphatic rings. The molecule has 0 saturated heterocycles. The average molecular weight is 308 g/mol. The molecule has 106 valence electrons. The molecule has 0 saturated carbocycles. The van der Waals surface area contributed by atoms with Crippen LogP contribution in [-0.4, -0.2) is 17.3 Å². The lowest BCUT2D eigenvalue weighted by molar-refractivity contribution is 0.367. The molecule has 0 spiro atoms. The van der Waals surface area contributed by atoms with E-state index in [0.29, 0.717) is 5.56 Å². The summed E-state index contributed by atoms with van der Waals surface area (Å²) in [5.74, 6) is -0.104. The summed E-state index contributed by atoms with van der Waals surface area (Å²) in [6.45, 7) is 0. The summed E-state index contributed by atoms with van der Waals surface area (Å²) < 4.78 is 18.6. The molecule has 2 rings (SSSR count). The van der Waals surface area contributed by atoms with Gasteiger partial charge in [-0.2, -0.15) is 0 Å². The van der Waals surface area contributed by atoms with E-state index in [1.807, 2.05) is 17.5 Å². The monoisotopic (exact) mass is 308 g/mol. The Balaban J connectivity index is 2.67. The van der Waals surface area contributed by atoms with E-state index in [9.17, 15) is 0 Å². The molecule has 1 heterocycles. The van der Waals surface area contributed by atoms with Crippen molar-refractivity contribution in [2.75, 3.05) is 7.05 Å². The van der Waals surface area contributed by atoms with Crippen molar-refractivity contribution in [3.05, 3.63) is 58.3 Å². The van der Waals surface area contributed by atoms with Gasteiger partial charge in [0.1, 0.15) is 6.04 Å². The maximum atomic E-state index is 9.00. The van der Waals surface area contributed by atoms with Gasteiger partial charge < -0.3 is 11.5 Å². The molecule has 0 radical (unpaired) electrons. The first kappa shape index (κ1) is 12.3. The van der Waals surface area contributed by atoms with Crippen LogP contribution in [0, 0.1) is 0 Å². The van der Waals surface area contributed by atoms with E-state index >= 15 is 0 Å². The van der Waals surface area contributed by atoms with Gasteiger partial charge in [0.05, 0.1) is 8.76 Å². The highest BCUT2D eigenvalue weighted by Crippen LogP contribution is 2.38. The van der Waals surface area contributed by atoms with Gasteiger partial charge in [0.2, 0.25) is 0 Å². The van der Waals surface area contributed by atoms with E-state index in [4.69, 9.17) is 14.2 Å². The van der Waals surface area contributed by atoms with Crippen molar-refractivity contribution in [1.82, 2.24) is 4.31 Å². The lowest BCUT2D eigenvalue weighted by Crippen LogP contribution is -2.28. The number of likely N-dealkylation sites (N-methyl/N-ethyl adjacent to an activating group) is 1. The normalized spacial score (nSPS) is 16.9. The largest absolute Gasteiger partial charge is 0.370 e. The second-order valence-electron chi connectivity index (χ2n) is 4.16. The minimum Gasteiger partial charge on any atom is -0.370 e. The van der Waals surface area contributed by atoms with Gasteiger partial charge in [-0.25, -0.2) is 9.30 Å². The zero-order valence-corrected chi connectivity index (χ0v) is 12.7. The molecular weight excluding hydrogens is 288 g/mol. The van der Waals surface area contributed by atoms with E-state index in [1.54, 1.807) is 31.3 Å². The predicted octanol–water partition coefficient (Wildman–Crippen LogP) is 2.58. The molecule has 0 fully saturated rings. The molecular formula is C14H18N4S2. The molecule has 0 bridgehead atoms. The highest BCUT2D eigenvalue weighted by molar-refractivity contribution is 7.77. The second-order valence-corrected chi connectivity index (χ2v) is 5.74. The number of thiol groups is 1. The third kappa shape index (κ3) is 3.53. The van der Waals surface area contributed by atoms with Gasteiger partial charge in [-0.15, -0.1) is 11.3 Å². The van der Waals surface area contributed by atoms with Crippen LogP contribution in [-0.2, 0) is 0 Å². The molecule has 4 N–H and O–H groups in total. The Kier molecular flexibility index (Phi) is 4.16. The van der Waals surface area contributed by atoms with Crippen LogP contribution in [0.15, 0.2) is 52.8 Å². The van der Waals surface area contributed by atoms with Crippen LogP contribution in [0.1, 0.15) is 25.2 Å². The third-order valence-electron chi connectivity index (χ3n) is 2.68. The Morgan fingerprint density at radius 3 is 2.75 bits per heavy atom. The molecule has 4 nitrogen and oxygen atoms in total. The third-order valence-corrected chi connectivity index (χ3v) is 3.82. The van der Waals surface area contributed by atoms with Crippen LogP contribution in [0.5, 0.6) is 0 Å². The van der Waals surface area contributed by atoms with Crippen molar-refractivity contribution < 1.29 is 2.74 Å². The summed E-state index contributed by atoms with van der Waals surface area (Å²) in [6.07, 6.45) is 0. The van der Waals surface area contributed by atoms with Crippen LogP contribution in [0.25, 0.3) is 0 Å². The van der Waals surface area contributed by atoms with Crippen LogP contribution in [0.4, 0.5) is 0 Å². The second kappa shape index (κ2) is 6.78. The Hall–Kier alpha value is -1.50. The zero-order valence-electron chi connectivity index (χ0n) is 13.0. The van der Waals surface area contributed by atoms with Crippen LogP contribution < -0.4 is 11.5 Å². The van der Waals surface area contributed by atoms with Crippen LogP contribution in [0.2, 0.25) is 0 Å². The lowest BCUT2D eigenvalue weighted by atomic mass is 9.98. The summed E-state index contributed by atoms with van der Waals surface area (Å²) in [7, 11) is 1.66. The van der Waals surface area contributed by atoms with Gasteiger partial charge in [-0.1, -0.05) is 49.2 Å². The minimum atomic E-state index is -1.42. The Morgan fingerprint density at radius 2 is 2.20 bits per heavy atom. The SMILES string of the molecule is [2H]c1ccccc1C([2H])(C(N=C(N)N)c1cccs1)N(C)S. The van der Waals surface area contributed by atoms with E-state index in [-0.39, 0.29) is 12.0 Å². The molecule has 0 aliphatic heterocycles. The van der Waals surface area contributed by atoms with Crippen molar-refractivity contribution in [1.29, 1.82) is 0 Å². The standard InChI is InChI=1S/C14H18N4S2/c1-18(19)13(10-6-3-2-4-7-10)12(17-14(15)16)11-8-5-9-20-11/h2-9,12-13,19H,1H3,(H4,15,16,17)/i6D,13D. The number of guanidine groups is 1. The van der Waals surface area contributed by atoms with Crippen molar-refractivity contribution >= 4 is 30.1 Å². The van der Waals surface area contributed by atoms with Crippen molar-refractivity contribution in [3.63, 3.8) is 0 Å². The molecule has 1 aromatic carbocycles. The predicted molar refractivity (Wildman–Crippen MR) is 88.8 cm³/mol. The van der Waals surface area contributed by atoms with Gasteiger partial charge in [0, 0.05) is 4.88 Å². The number of thiophene rings is 1. The van der Waals surface area contributed by atoms with Gasteiger partial charge in [0.25, 0.3) is 0 Å². The Morgan fingerprint density at radius 1 is 1.40 bits per heavy atom. The topological polar surface area (TPSA) is 67.6 Å². The van der Waals surface area contributed by atoms with Gasteiger partial charge in [-0.3, -0.25) is 0 Å². The maximum absolute atomic E-state index is 9.00. The summed E-state index contributed by atoms with van der Waals surface area (Å²) in [5.41, 5.74) is 11.6. The summed E-state index contributed by atoms with van der Waals surface area (Å²) in [4.78, 5) is 5.08. The number of rotatable bonds is 5. The van der Waals surface area contributed by atoms with E-state index in [1.165, 1.54) is 15.6 Å². The number of hydrogen-bond donors (Lipinski definition) is 3. The molecule has 1 aromatic heterocycles. The number of aliphatic imine (C=N–C) groups is 1. The van der Waals surface area contributed by atoms with E-state index in [0.717, 1.165) is 4.88 Å². The van der Waals surface area contributed by atoms with E-state index < -0.39 is 12.1 Å². The first-order valence-corrected chi connectivity index (χ1v) is 7.26. The fourth-order valence-electron chi connectivity index (χ4n) is 1.91. The molecule has 20 heavy (non-hydrogen) atoms. The average Bonchev–Trinajstić information content (AvgIpc) is 2.98. The van der Waals surface area contributed by atoms with Crippen molar-refractivity contribution in [2.24, 2.45) is 16.5 Å². The van der Waals surface area contributed by atoms with Crippen molar-refractivity contribution in [2.45, 2.75) is 12.1 Å². The number of hydrogen-bond acceptors (Lipinski definition) is 4. The maximum Gasteiger partial charge on any atom is 0.186 e. The molecule has 2 aromatic rings. The fourth-order valence-corrected chi connectivity index (χ4v) is 2.89. The highest BCUT2D eigenvalue weighted by atomic mass is 32.1. The van der Waals surface area contributed by atoms with E-state index in [2.05, 4.69) is 17.8 Å².